The van der Waals surface area contributed by atoms with Crippen molar-refractivity contribution in [1.82, 2.24) is 5.32 Å². The normalized spacial score (nSPS) is 17.8. The minimum absolute atomic E-state index is 0.301. The molecule has 0 saturated heterocycles. The quantitative estimate of drug-likeness (QED) is 0.698. The number of rotatable bonds is 7. The standard InChI is InChI=1S/C19H31N/c1-5-14-20-18(19(3,4)6-2)17-13-8-7-12-16(17)15-10-9-11-15/h7-8,12-13,15,18,20H,5-6,9-11,14H2,1-4H3. The van der Waals surface area contributed by atoms with E-state index >= 15 is 0 Å². The third kappa shape index (κ3) is 3.25. The zero-order chi connectivity index (χ0) is 14.6. The van der Waals surface area contributed by atoms with Gasteiger partial charge in [-0.1, -0.05) is 58.4 Å². The van der Waals surface area contributed by atoms with Gasteiger partial charge in [0.25, 0.3) is 0 Å². The Bertz CT molecular complexity index is 418. The molecule has 1 aliphatic rings. The van der Waals surface area contributed by atoms with Crippen molar-refractivity contribution in [3.8, 4) is 0 Å². The van der Waals surface area contributed by atoms with Gasteiger partial charge in [-0.15, -0.1) is 0 Å². The first kappa shape index (κ1) is 15.6. The minimum atomic E-state index is 0.301. The van der Waals surface area contributed by atoms with Crippen molar-refractivity contribution in [2.75, 3.05) is 6.54 Å². The zero-order valence-corrected chi connectivity index (χ0v) is 13.7. The van der Waals surface area contributed by atoms with Gasteiger partial charge in [-0.2, -0.15) is 0 Å². The molecule has 1 aliphatic carbocycles. The van der Waals surface area contributed by atoms with Crippen LogP contribution in [0.3, 0.4) is 0 Å². The highest BCUT2D eigenvalue weighted by molar-refractivity contribution is 5.35. The number of hydrogen-bond donors (Lipinski definition) is 1. The van der Waals surface area contributed by atoms with E-state index in [0.717, 1.165) is 12.5 Å². The lowest BCUT2D eigenvalue weighted by Crippen LogP contribution is -2.35. The van der Waals surface area contributed by atoms with Crippen LogP contribution >= 0.6 is 0 Å². The molecule has 2 rings (SSSR count). The van der Waals surface area contributed by atoms with E-state index in [1.54, 1.807) is 11.1 Å². The fourth-order valence-corrected chi connectivity index (χ4v) is 3.16. The smallest absolute Gasteiger partial charge is 0.0374 e. The van der Waals surface area contributed by atoms with Crippen molar-refractivity contribution in [2.45, 2.75) is 71.8 Å². The van der Waals surface area contributed by atoms with Gasteiger partial charge in [-0.25, -0.2) is 0 Å². The van der Waals surface area contributed by atoms with Crippen LogP contribution in [0.1, 0.15) is 82.9 Å². The van der Waals surface area contributed by atoms with Crippen molar-refractivity contribution >= 4 is 0 Å². The van der Waals surface area contributed by atoms with E-state index in [0.29, 0.717) is 11.5 Å². The van der Waals surface area contributed by atoms with E-state index in [9.17, 15) is 0 Å². The maximum Gasteiger partial charge on any atom is 0.0374 e. The lowest BCUT2D eigenvalue weighted by Gasteiger charge is -2.38. The maximum atomic E-state index is 3.82. The molecule has 1 N–H and O–H groups in total. The molecule has 1 heteroatoms. The van der Waals surface area contributed by atoms with Gasteiger partial charge in [0, 0.05) is 6.04 Å². The highest BCUT2D eigenvalue weighted by atomic mass is 14.9. The minimum Gasteiger partial charge on any atom is -0.309 e. The maximum absolute atomic E-state index is 3.82. The Labute approximate surface area is 125 Å². The molecule has 0 spiro atoms. The third-order valence-electron chi connectivity index (χ3n) is 5.14. The van der Waals surface area contributed by atoms with Gasteiger partial charge in [0.1, 0.15) is 0 Å². The second-order valence-electron chi connectivity index (χ2n) is 6.99. The third-order valence-corrected chi connectivity index (χ3v) is 5.14. The molecular formula is C19H31N. The topological polar surface area (TPSA) is 12.0 Å². The summed E-state index contributed by atoms with van der Waals surface area (Å²) >= 11 is 0. The average Bonchev–Trinajstić information content (AvgIpc) is 2.39. The van der Waals surface area contributed by atoms with Crippen molar-refractivity contribution in [3.05, 3.63) is 35.4 Å². The van der Waals surface area contributed by atoms with Crippen LogP contribution in [0, 0.1) is 5.41 Å². The van der Waals surface area contributed by atoms with Gasteiger partial charge in [-0.3, -0.25) is 0 Å². The monoisotopic (exact) mass is 273 g/mol. The molecule has 0 aromatic heterocycles. The number of nitrogens with one attached hydrogen (secondary N) is 1. The Morgan fingerprint density at radius 1 is 1.20 bits per heavy atom. The highest BCUT2D eigenvalue weighted by Crippen LogP contribution is 2.44. The van der Waals surface area contributed by atoms with Gasteiger partial charge < -0.3 is 5.32 Å². The zero-order valence-electron chi connectivity index (χ0n) is 13.7. The fourth-order valence-electron chi connectivity index (χ4n) is 3.16. The predicted octanol–water partition coefficient (Wildman–Crippen LogP) is 5.43. The summed E-state index contributed by atoms with van der Waals surface area (Å²) in [6, 6.07) is 9.63. The first-order valence-electron chi connectivity index (χ1n) is 8.42. The van der Waals surface area contributed by atoms with Crippen LogP contribution in [0.25, 0.3) is 0 Å². The molecule has 0 bridgehead atoms. The Kier molecular flexibility index (Phi) is 5.26. The van der Waals surface area contributed by atoms with Gasteiger partial charge in [0.05, 0.1) is 0 Å². The summed E-state index contributed by atoms with van der Waals surface area (Å²) in [5.74, 6) is 0.810. The van der Waals surface area contributed by atoms with Gasteiger partial charge in [0.15, 0.2) is 0 Å². The van der Waals surface area contributed by atoms with Crippen LogP contribution in [0.4, 0.5) is 0 Å². The van der Waals surface area contributed by atoms with Crippen molar-refractivity contribution < 1.29 is 0 Å². The summed E-state index contributed by atoms with van der Waals surface area (Å²) in [5.41, 5.74) is 3.46. The van der Waals surface area contributed by atoms with Crippen LogP contribution in [-0.2, 0) is 0 Å². The second-order valence-corrected chi connectivity index (χ2v) is 6.99. The molecular weight excluding hydrogens is 242 g/mol. The van der Waals surface area contributed by atoms with Crippen molar-refractivity contribution in [2.24, 2.45) is 5.41 Å². The molecule has 1 unspecified atom stereocenters. The molecule has 1 saturated carbocycles. The summed E-state index contributed by atoms with van der Waals surface area (Å²) in [6.45, 7) is 10.5. The van der Waals surface area contributed by atoms with E-state index in [1.807, 2.05) is 0 Å². The fraction of sp³-hybridized carbons (Fsp3) is 0.684. The molecule has 20 heavy (non-hydrogen) atoms. The molecule has 0 aliphatic heterocycles. The van der Waals surface area contributed by atoms with Gasteiger partial charge in [0.2, 0.25) is 0 Å². The summed E-state index contributed by atoms with van der Waals surface area (Å²) in [7, 11) is 0. The van der Waals surface area contributed by atoms with E-state index in [1.165, 1.54) is 32.1 Å². The van der Waals surface area contributed by atoms with E-state index in [-0.39, 0.29) is 0 Å². The molecule has 1 atom stereocenters. The summed E-state index contributed by atoms with van der Waals surface area (Å²) in [4.78, 5) is 0. The predicted molar refractivity (Wildman–Crippen MR) is 88.1 cm³/mol. The van der Waals surface area contributed by atoms with E-state index < -0.39 is 0 Å². The lowest BCUT2D eigenvalue weighted by molar-refractivity contribution is 0.231. The Hall–Kier alpha value is -0.820. The van der Waals surface area contributed by atoms with Crippen molar-refractivity contribution in [1.29, 1.82) is 0 Å². The van der Waals surface area contributed by atoms with E-state index in [4.69, 9.17) is 0 Å². The largest absolute Gasteiger partial charge is 0.309 e. The Morgan fingerprint density at radius 3 is 2.45 bits per heavy atom. The second kappa shape index (κ2) is 6.76. The first-order valence-corrected chi connectivity index (χ1v) is 8.42. The molecule has 1 nitrogen and oxygen atoms in total. The van der Waals surface area contributed by atoms with E-state index in [2.05, 4.69) is 57.3 Å². The number of hydrogen-bond acceptors (Lipinski definition) is 1. The van der Waals surface area contributed by atoms with Crippen LogP contribution in [0.5, 0.6) is 0 Å². The van der Waals surface area contributed by atoms with Gasteiger partial charge >= 0.3 is 0 Å². The lowest BCUT2D eigenvalue weighted by atomic mass is 9.72. The molecule has 1 aromatic carbocycles. The molecule has 0 heterocycles. The molecule has 0 radical (unpaired) electrons. The Balaban J connectivity index is 2.32. The molecule has 112 valence electrons. The van der Waals surface area contributed by atoms with Crippen LogP contribution < -0.4 is 5.32 Å². The summed E-state index contributed by atoms with van der Waals surface area (Å²) < 4.78 is 0. The SMILES string of the molecule is CCCNC(c1ccccc1C1CCC1)C(C)(C)CC. The molecule has 1 fully saturated rings. The van der Waals surface area contributed by atoms with Crippen LogP contribution in [-0.4, -0.2) is 6.54 Å². The van der Waals surface area contributed by atoms with Gasteiger partial charge in [-0.05, 0) is 54.7 Å². The van der Waals surface area contributed by atoms with Crippen LogP contribution in [0.15, 0.2) is 24.3 Å². The summed E-state index contributed by atoms with van der Waals surface area (Å²) in [5, 5.41) is 3.82. The van der Waals surface area contributed by atoms with Crippen molar-refractivity contribution in [3.63, 3.8) is 0 Å². The summed E-state index contributed by atoms with van der Waals surface area (Å²) in [6.07, 6.45) is 6.56. The molecule has 0 amide bonds. The average molecular weight is 273 g/mol. The first-order chi connectivity index (χ1) is 9.60. The Morgan fingerprint density at radius 2 is 1.90 bits per heavy atom. The molecule has 1 aromatic rings. The number of benzene rings is 1. The highest BCUT2D eigenvalue weighted by Gasteiger charge is 2.32. The van der Waals surface area contributed by atoms with Crippen LogP contribution in [0.2, 0.25) is 0 Å².